The fourth-order valence-electron chi connectivity index (χ4n) is 1.67. The maximum absolute atomic E-state index is 11.8. The molecule has 0 spiro atoms. The van der Waals surface area contributed by atoms with Crippen LogP contribution in [0, 0.1) is 0 Å². The van der Waals surface area contributed by atoms with Crippen LogP contribution in [0.4, 0.5) is 0 Å². The van der Waals surface area contributed by atoms with E-state index in [1.807, 2.05) is 25.9 Å². The number of nitrogens with zero attached hydrogens (tertiary/aromatic N) is 1. The summed E-state index contributed by atoms with van der Waals surface area (Å²) in [6.07, 6.45) is -0.568. The number of aliphatic hydroxyl groups excluding tert-OH is 1. The topological polar surface area (TPSA) is 61.8 Å². The molecule has 5 nitrogen and oxygen atoms in total. The average molecular weight is 266 g/mol. The molecular weight excluding hydrogens is 244 g/mol. The van der Waals surface area contributed by atoms with Gasteiger partial charge in [-0.25, -0.2) is 0 Å². The zero-order chi connectivity index (χ0) is 14.3. The van der Waals surface area contributed by atoms with E-state index in [9.17, 15) is 9.90 Å². The number of aliphatic hydroxyl groups is 1. The maximum Gasteiger partial charge on any atom is 0.251 e. The molecule has 106 valence electrons. The Balaban J connectivity index is 2.44. The summed E-state index contributed by atoms with van der Waals surface area (Å²) in [7, 11) is 3.75. The van der Waals surface area contributed by atoms with Crippen LogP contribution in [0.25, 0.3) is 0 Å². The second kappa shape index (κ2) is 7.76. The average Bonchev–Trinajstić information content (AvgIpc) is 2.36. The van der Waals surface area contributed by atoms with Crippen LogP contribution in [-0.4, -0.2) is 55.8 Å². The van der Waals surface area contributed by atoms with Gasteiger partial charge < -0.3 is 20.1 Å². The first kappa shape index (κ1) is 15.5. The number of carbonyl (C=O) groups is 1. The third kappa shape index (κ3) is 5.72. The largest absolute Gasteiger partial charge is 0.494 e. The molecule has 1 rings (SSSR count). The predicted octanol–water partition coefficient (Wildman–Crippen LogP) is 0.738. The van der Waals surface area contributed by atoms with Gasteiger partial charge in [-0.15, -0.1) is 0 Å². The number of hydrogen-bond acceptors (Lipinski definition) is 4. The van der Waals surface area contributed by atoms with E-state index in [-0.39, 0.29) is 12.5 Å². The molecule has 19 heavy (non-hydrogen) atoms. The van der Waals surface area contributed by atoms with Gasteiger partial charge in [0.25, 0.3) is 5.91 Å². The number of benzene rings is 1. The van der Waals surface area contributed by atoms with Gasteiger partial charge in [-0.2, -0.15) is 0 Å². The molecule has 0 saturated carbocycles. The summed E-state index contributed by atoms with van der Waals surface area (Å²) >= 11 is 0. The van der Waals surface area contributed by atoms with Crippen molar-refractivity contribution in [2.24, 2.45) is 0 Å². The molecule has 5 heteroatoms. The van der Waals surface area contributed by atoms with Gasteiger partial charge in [0, 0.05) is 18.7 Å². The van der Waals surface area contributed by atoms with Crippen molar-refractivity contribution in [3.63, 3.8) is 0 Å². The predicted molar refractivity (Wildman–Crippen MR) is 74.5 cm³/mol. The highest BCUT2D eigenvalue weighted by Gasteiger charge is 2.09. The number of amides is 1. The Labute approximate surface area is 114 Å². The van der Waals surface area contributed by atoms with Crippen molar-refractivity contribution in [1.29, 1.82) is 0 Å². The maximum atomic E-state index is 11.8. The van der Waals surface area contributed by atoms with E-state index in [4.69, 9.17) is 4.74 Å². The van der Waals surface area contributed by atoms with Gasteiger partial charge in [0.2, 0.25) is 0 Å². The van der Waals surface area contributed by atoms with Crippen molar-refractivity contribution in [3.8, 4) is 5.75 Å². The number of nitrogens with one attached hydrogen (secondary N) is 1. The summed E-state index contributed by atoms with van der Waals surface area (Å²) in [5.74, 6) is 0.549. The summed E-state index contributed by atoms with van der Waals surface area (Å²) in [4.78, 5) is 13.7. The third-order valence-corrected chi connectivity index (χ3v) is 2.50. The number of rotatable bonds is 7. The van der Waals surface area contributed by atoms with Crippen molar-refractivity contribution < 1.29 is 14.6 Å². The van der Waals surface area contributed by atoms with Crippen molar-refractivity contribution in [3.05, 3.63) is 29.8 Å². The lowest BCUT2D eigenvalue weighted by Gasteiger charge is -2.16. The Morgan fingerprint density at radius 3 is 2.53 bits per heavy atom. The van der Waals surface area contributed by atoms with Gasteiger partial charge in [0.1, 0.15) is 5.75 Å². The van der Waals surface area contributed by atoms with Crippen LogP contribution in [0.1, 0.15) is 17.3 Å². The highest BCUT2D eigenvalue weighted by Crippen LogP contribution is 2.11. The number of carbonyl (C=O) groups excluding carboxylic acids is 1. The minimum absolute atomic E-state index is 0.194. The fourth-order valence-corrected chi connectivity index (χ4v) is 1.67. The van der Waals surface area contributed by atoms with Crippen LogP contribution in [0.2, 0.25) is 0 Å². The number of hydrogen-bond donors (Lipinski definition) is 2. The molecule has 0 saturated heterocycles. The Morgan fingerprint density at radius 2 is 2.00 bits per heavy atom. The minimum Gasteiger partial charge on any atom is -0.494 e. The van der Waals surface area contributed by atoms with E-state index < -0.39 is 6.10 Å². The Hall–Kier alpha value is -1.59. The van der Waals surface area contributed by atoms with Crippen LogP contribution in [-0.2, 0) is 0 Å². The smallest absolute Gasteiger partial charge is 0.251 e. The molecule has 1 atom stereocenters. The van der Waals surface area contributed by atoms with Gasteiger partial charge in [0.05, 0.1) is 12.7 Å². The molecule has 0 radical (unpaired) electrons. The van der Waals surface area contributed by atoms with Crippen LogP contribution < -0.4 is 10.1 Å². The molecule has 0 aliphatic carbocycles. The van der Waals surface area contributed by atoms with Crippen molar-refractivity contribution in [2.45, 2.75) is 13.0 Å². The Kier molecular flexibility index (Phi) is 6.32. The van der Waals surface area contributed by atoms with E-state index in [1.165, 1.54) is 0 Å². The van der Waals surface area contributed by atoms with E-state index in [0.29, 0.717) is 18.7 Å². The highest BCUT2D eigenvalue weighted by molar-refractivity contribution is 5.94. The first-order valence-electron chi connectivity index (χ1n) is 6.36. The van der Waals surface area contributed by atoms with Crippen molar-refractivity contribution in [2.75, 3.05) is 33.8 Å². The van der Waals surface area contributed by atoms with Gasteiger partial charge in [-0.3, -0.25) is 4.79 Å². The second-order valence-electron chi connectivity index (χ2n) is 4.58. The monoisotopic (exact) mass is 266 g/mol. The molecule has 0 aliphatic heterocycles. The van der Waals surface area contributed by atoms with Crippen molar-refractivity contribution in [1.82, 2.24) is 10.2 Å². The SMILES string of the molecule is CCOc1ccc(C(=O)NCC(O)CN(C)C)cc1. The lowest BCUT2D eigenvalue weighted by molar-refractivity contribution is 0.0892. The lowest BCUT2D eigenvalue weighted by atomic mass is 10.2. The molecule has 1 aromatic rings. The third-order valence-electron chi connectivity index (χ3n) is 2.50. The molecular formula is C14H22N2O3. The fraction of sp³-hybridized carbons (Fsp3) is 0.500. The first-order chi connectivity index (χ1) is 9.02. The van der Waals surface area contributed by atoms with E-state index >= 15 is 0 Å². The quantitative estimate of drug-likeness (QED) is 0.764. The molecule has 2 N–H and O–H groups in total. The Bertz CT molecular complexity index is 390. The molecule has 0 aliphatic rings. The standard InChI is InChI=1S/C14H22N2O3/c1-4-19-13-7-5-11(6-8-13)14(18)15-9-12(17)10-16(2)3/h5-8,12,17H,4,9-10H2,1-3H3,(H,15,18). The zero-order valence-corrected chi connectivity index (χ0v) is 11.7. The van der Waals surface area contributed by atoms with Crippen LogP contribution >= 0.6 is 0 Å². The van der Waals surface area contributed by atoms with Gasteiger partial charge in [-0.1, -0.05) is 0 Å². The molecule has 0 bridgehead atoms. The summed E-state index contributed by atoms with van der Waals surface area (Å²) in [5.41, 5.74) is 0.556. The van der Waals surface area contributed by atoms with E-state index in [1.54, 1.807) is 24.3 Å². The summed E-state index contributed by atoms with van der Waals surface area (Å²) in [6.45, 7) is 3.27. The first-order valence-corrected chi connectivity index (χ1v) is 6.36. The summed E-state index contributed by atoms with van der Waals surface area (Å²) in [5, 5.41) is 12.4. The highest BCUT2D eigenvalue weighted by atomic mass is 16.5. The minimum atomic E-state index is -0.568. The summed E-state index contributed by atoms with van der Waals surface area (Å²) < 4.78 is 5.31. The van der Waals surface area contributed by atoms with Crippen molar-refractivity contribution >= 4 is 5.91 Å². The van der Waals surface area contributed by atoms with Gasteiger partial charge >= 0.3 is 0 Å². The number of ether oxygens (including phenoxy) is 1. The van der Waals surface area contributed by atoms with E-state index in [0.717, 1.165) is 5.75 Å². The van der Waals surface area contributed by atoms with Crippen LogP contribution in [0.3, 0.4) is 0 Å². The molecule has 1 unspecified atom stereocenters. The zero-order valence-electron chi connectivity index (χ0n) is 11.7. The Morgan fingerprint density at radius 1 is 1.37 bits per heavy atom. The molecule has 0 fully saturated rings. The molecule has 0 heterocycles. The normalized spacial score (nSPS) is 12.3. The molecule has 0 aromatic heterocycles. The molecule has 1 amide bonds. The summed E-state index contributed by atoms with van der Waals surface area (Å²) in [6, 6.07) is 6.93. The second-order valence-corrected chi connectivity index (χ2v) is 4.58. The van der Waals surface area contributed by atoms with Gasteiger partial charge in [0.15, 0.2) is 0 Å². The van der Waals surface area contributed by atoms with E-state index in [2.05, 4.69) is 5.32 Å². The van der Waals surface area contributed by atoms with Crippen LogP contribution in [0.15, 0.2) is 24.3 Å². The van der Waals surface area contributed by atoms with Crippen LogP contribution in [0.5, 0.6) is 5.75 Å². The lowest BCUT2D eigenvalue weighted by Crippen LogP contribution is -2.37. The van der Waals surface area contributed by atoms with Gasteiger partial charge in [-0.05, 0) is 45.3 Å². The number of likely N-dealkylation sites (N-methyl/N-ethyl adjacent to an activating group) is 1. The molecule has 1 aromatic carbocycles.